The lowest BCUT2D eigenvalue weighted by atomic mass is 9.86. The van der Waals surface area contributed by atoms with Crippen molar-refractivity contribution in [3.63, 3.8) is 0 Å². The van der Waals surface area contributed by atoms with Gasteiger partial charge in [0.15, 0.2) is 0 Å². The summed E-state index contributed by atoms with van der Waals surface area (Å²) in [6.45, 7) is 10.7. The van der Waals surface area contributed by atoms with Crippen LogP contribution in [0.2, 0.25) is 0 Å². The first-order valence-electron chi connectivity index (χ1n) is 13.8. The molecule has 0 aliphatic carbocycles. The Morgan fingerprint density at radius 1 is 1.00 bits per heavy atom. The molecule has 41 heavy (non-hydrogen) atoms. The topological polar surface area (TPSA) is 92.6 Å². The van der Waals surface area contributed by atoms with Crippen LogP contribution >= 0.6 is 0 Å². The Hall–Kier alpha value is -4.34. The molecule has 4 aromatic rings. The van der Waals surface area contributed by atoms with Crippen molar-refractivity contribution in [3.05, 3.63) is 100 Å². The van der Waals surface area contributed by atoms with Gasteiger partial charge in [0.05, 0.1) is 24.6 Å². The zero-order valence-corrected chi connectivity index (χ0v) is 24.2. The second kappa shape index (κ2) is 11.6. The van der Waals surface area contributed by atoms with E-state index >= 15 is 0 Å². The molecule has 0 saturated carbocycles. The summed E-state index contributed by atoms with van der Waals surface area (Å²) in [5, 5.41) is 6.99. The van der Waals surface area contributed by atoms with E-state index in [9.17, 15) is 9.59 Å². The third-order valence-electron chi connectivity index (χ3n) is 7.30. The lowest BCUT2D eigenvalue weighted by molar-refractivity contribution is 0.0373. The molecule has 0 radical (unpaired) electrons. The van der Waals surface area contributed by atoms with Crippen LogP contribution in [0.15, 0.2) is 78.0 Å². The Morgan fingerprint density at radius 3 is 2.34 bits per heavy atom. The van der Waals surface area contributed by atoms with Crippen LogP contribution in [0.25, 0.3) is 11.3 Å². The average Bonchev–Trinajstić information content (AvgIpc) is 2.97. The molecule has 2 aromatic carbocycles. The van der Waals surface area contributed by atoms with E-state index in [0.29, 0.717) is 43.2 Å². The highest BCUT2D eigenvalue weighted by molar-refractivity contribution is 6.05. The third-order valence-corrected chi connectivity index (χ3v) is 7.30. The van der Waals surface area contributed by atoms with Gasteiger partial charge in [-0.3, -0.25) is 19.6 Å². The number of anilines is 3. The minimum Gasteiger partial charge on any atom is -0.379 e. The normalized spacial score (nSPS) is 14.1. The van der Waals surface area contributed by atoms with E-state index in [-0.39, 0.29) is 22.7 Å². The van der Waals surface area contributed by atoms with Gasteiger partial charge < -0.3 is 14.6 Å². The van der Waals surface area contributed by atoms with Gasteiger partial charge in [0.1, 0.15) is 0 Å². The van der Waals surface area contributed by atoms with Crippen molar-refractivity contribution in [2.24, 2.45) is 7.05 Å². The number of hydrogen-bond acceptors (Lipinski definition) is 7. The van der Waals surface area contributed by atoms with Crippen LogP contribution in [0, 0.1) is 6.92 Å². The van der Waals surface area contributed by atoms with Crippen molar-refractivity contribution in [3.8, 4) is 11.3 Å². The van der Waals surface area contributed by atoms with Gasteiger partial charge in [-0.1, -0.05) is 45.0 Å². The van der Waals surface area contributed by atoms with Gasteiger partial charge in [0, 0.05) is 55.5 Å². The summed E-state index contributed by atoms with van der Waals surface area (Å²) in [6.07, 6.45) is 5.13. The van der Waals surface area contributed by atoms with E-state index in [0.717, 1.165) is 16.8 Å². The molecule has 1 aliphatic rings. The number of aryl methyl sites for hydroxylation is 1. The van der Waals surface area contributed by atoms with Gasteiger partial charge in [-0.15, -0.1) is 0 Å². The number of benzene rings is 2. The molecule has 1 aliphatic heterocycles. The fourth-order valence-electron chi connectivity index (χ4n) is 4.88. The Balaban J connectivity index is 1.50. The van der Waals surface area contributed by atoms with E-state index in [1.807, 2.05) is 66.5 Å². The number of amides is 1. The number of pyridine rings is 1. The van der Waals surface area contributed by atoms with Crippen molar-refractivity contribution < 1.29 is 9.53 Å². The van der Waals surface area contributed by atoms with Crippen molar-refractivity contribution in [2.75, 3.05) is 36.6 Å². The fourth-order valence-corrected chi connectivity index (χ4v) is 4.88. The molecule has 3 heterocycles. The summed E-state index contributed by atoms with van der Waals surface area (Å²) in [5.74, 6) is 0.0990. The molecule has 0 spiro atoms. The maximum absolute atomic E-state index is 13.5. The summed E-state index contributed by atoms with van der Waals surface area (Å²) in [7, 11) is 1.73. The van der Waals surface area contributed by atoms with Gasteiger partial charge in [-0.2, -0.15) is 0 Å². The Bertz CT molecular complexity index is 1590. The Labute approximate surface area is 240 Å². The van der Waals surface area contributed by atoms with Crippen LogP contribution in [-0.4, -0.2) is 51.8 Å². The summed E-state index contributed by atoms with van der Waals surface area (Å²) in [4.78, 5) is 35.7. The number of carbonyl (C=O) groups is 1. The summed E-state index contributed by atoms with van der Waals surface area (Å²) in [6, 6.07) is 17.1. The molecule has 1 amide bonds. The number of ether oxygens (including phenoxy) is 1. The average molecular weight is 553 g/mol. The van der Waals surface area contributed by atoms with Crippen molar-refractivity contribution >= 4 is 23.1 Å². The smallest absolute Gasteiger partial charge is 0.295 e. The van der Waals surface area contributed by atoms with Crippen molar-refractivity contribution in [1.29, 1.82) is 0 Å². The molecule has 1 N–H and O–H groups in total. The van der Waals surface area contributed by atoms with Gasteiger partial charge in [-0.05, 0) is 53.8 Å². The second-order valence-corrected chi connectivity index (χ2v) is 11.2. The fraction of sp³-hybridized carbons (Fsp3) is 0.312. The molecule has 0 atom stereocenters. The monoisotopic (exact) mass is 552 g/mol. The highest BCUT2D eigenvalue weighted by Crippen LogP contribution is 2.30. The molecule has 9 heteroatoms. The largest absolute Gasteiger partial charge is 0.379 e. The lowest BCUT2D eigenvalue weighted by Gasteiger charge is -2.37. The number of aromatic nitrogens is 3. The van der Waals surface area contributed by atoms with Crippen LogP contribution in [0.4, 0.5) is 17.2 Å². The molecular formula is C32H36N6O3. The van der Waals surface area contributed by atoms with Gasteiger partial charge in [0.2, 0.25) is 5.82 Å². The lowest BCUT2D eigenvalue weighted by Crippen LogP contribution is -2.49. The molecule has 212 valence electrons. The van der Waals surface area contributed by atoms with Crippen LogP contribution < -0.4 is 15.9 Å². The number of hydrogen-bond donors (Lipinski definition) is 1. The number of nitrogens with zero attached hydrogens (tertiary/aromatic N) is 5. The Kier molecular flexibility index (Phi) is 8.01. The molecule has 1 fully saturated rings. The van der Waals surface area contributed by atoms with Crippen LogP contribution in [0.5, 0.6) is 0 Å². The molecule has 9 nitrogen and oxygen atoms in total. The molecule has 0 unspecified atom stereocenters. The SMILES string of the molecule is Cc1c(NC(=O)c2ccc(C(C)(C)C)cc2)cccc1-c1cn(C)c(=O)c(N(c2ccncc2)N2CCOCC2)n1. The summed E-state index contributed by atoms with van der Waals surface area (Å²) in [5.41, 5.74) is 5.31. The number of hydrazine groups is 1. The highest BCUT2D eigenvalue weighted by Gasteiger charge is 2.26. The third kappa shape index (κ3) is 6.06. The molecule has 1 saturated heterocycles. The van der Waals surface area contributed by atoms with Crippen molar-refractivity contribution in [1.82, 2.24) is 19.5 Å². The maximum Gasteiger partial charge on any atom is 0.295 e. The number of nitrogens with one attached hydrogen (secondary N) is 1. The van der Waals surface area contributed by atoms with Crippen LogP contribution in [-0.2, 0) is 17.2 Å². The molecule has 2 aromatic heterocycles. The minimum absolute atomic E-state index is 0.0102. The number of rotatable bonds is 6. The number of carbonyl (C=O) groups excluding carboxylic acids is 1. The predicted octanol–water partition coefficient (Wildman–Crippen LogP) is 5.09. The second-order valence-electron chi connectivity index (χ2n) is 11.2. The zero-order valence-electron chi connectivity index (χ0n) is 24.2. The Morgan fingerprint density at radius 2 is 1.68 bits per heavy atom. The first-order chi connectivity index (χ1) is 19.6. The van der Waals surface area contributed by atoms with Gasteiger partial charge >= 0.3 is 0 Å². The van der Waals surface area contributed by atoms with Gasteiger partial charge in [0.25, 0.3) is 11.5 Å². The first kappa shape index (κ1) is 28.2. The van der Waals surface area contributed by atoms with Crippen LogP contribution in [0.3, 0.4) is 0 Å². The minimum atomic E-state index is -0.224. The molecule has 0 bridgehead atoms. The standard InChI is InChI=1S/C32H36N6O3/c1-22-26(7-6-8-27(22)35-30(39)23-9-11-24(12-10-23)32(2,3)4)28-21-36(5)31(40)29(34-28)38(25-13-15-33-16-14-25)37-17-19-41-20-18-37/h6-16,21H,17-20H2,1-5H3,(H,35,39). The van der Waals surface area contributed by atoms with E-state index in [4.69, 9.17) is 9.72 Å². The molecule has 5 rings (SSSR count). The molecular weight excluding hydrogens is 516 g/mol. The van der Waals surface area contributed by atoms with E-state index in [1.54, 1.807) is 30.2 Å². The highest BCUT2D eigenvalue weighted by atomic mass is 16.5. The summed E-state index contributed by atoms with van der Waals surface area (Å²) < 4.78 is 7.11. The van der Waals surface area contributed by atoms with Crippen molar-refractivity contribution in [2.45, 2.75) is 33.1 Å². The van der Waals surface area contributed by atoms with Crippen LogP contribution in [0.1, 0.15) is 42.3 Å². The van der Waals surface area contributed by atoms with Gasteiger partial charge in [-0.25, -0.2) is 9.99 Å². The first-order valence-corrected chi connectivity index (χ1v) is 13.8. The zero-order chi connectivity index (χ0) is 29.1. The number of morpholine rings is 1. The predicted molar refractivity (Wildman–Crippen MR) is 162 cm³/mol. The van der Waals surface area contributed by atoms with E-state index < -0.39 is 0 Å². The maximum atomic E-state index is 13.5. The quantitative estimate of drug-likeness (QED) is 0.356. The summed E-state index contributed by atoms with van der Waals surface area (Å²) >= 11 is 0. The van der Waals surface area contributed by atoms with E-state index in [1.165, 1.54) is 5.56 Å². The van der Waals surface area contributed by atoms with E-state index in [2.05, 4.69) is 36.1 Å².